The molecule has 1 saturated heterocycles. The van der Waals surface area contributed by atoms with Crippen molar-refractivity contribution in [1.29, 1.82) is 0 Å². The molecule has 2 heterocycles. The maximum atomic E-state index is 12.4. The van der Waals surface area contributed by atoms with Gasteiger partial charge in [-0.15, -0.1) is 0 Å². The summed E-state index contributed by atoms with van der Waals surface area (Å²) in [4.78, 5) is 32.3. The molecule has 0 unspecified atom stereocenters. The summed E-state index contributed by atoms with van der Waals surface area (Å²) in [6.45, 7) is 8.00. The highest BCUT2D eigenvalue weighted by Gasteiger charge is 2.34. The summed E-state index contributed by atoms with van der Waals surface area (Å²) in [5.74, 6) is 0.487. The van der Waals surface area contributed by atoms with Crippen molar-refractivity contribution in [3.63, 3.8) is 0 Å². The molecule has 114 valence electrons. The first-order valence-electron chi connectivity index (χ1n) is 7.46. The lowest BCUT2D eigenvalue weighted by Gasteiger charge is -2.39. The van der Waals surface area contributed by atoms with Gasteiger partial charge in [-0.2, -0.15) is 0 Å². The summed E-state index contributed by atoms with van der Waals surface area (Å²) in [7, 11) is 0. The number of nitrogens with zero attached hydrogens (tertiary/aromatic N) is 3. The predicted octanol–water partition coefficient (Wildman–Crippen LogP) is 1.34. The third-order valence-electron chi connectivity index (χ3n) is 3.73. The van der Waals surface area contributed by atoms with Gasteiger partial charge in [0, 0.05) is 32.0 Å². The van der Waals surface area contributed by atoms with Crippen molar-refractivity contribution < 1.29 is 9.59 Å². The average molecular weight is 289 g/mol. The minimum Gasteiger partial charge on any atom is -0.339 e. The molecule has 0 aliphatic carbocycles. The molecule has 1 fully saturated rings. The number of amides is 2. The molecule has 0 bridgehead atoms. The Morgan fingerprint density at radius 2 is 2.19 bits per heavy atom. The molecule has 1 aliphatic rings. The summed E-state index contributed by atoms with van der Waals surface area (Å²) in [5, 5.41) is 0. The minimum absolute atomic E-state index is 0.00644. The Balaban J connectivity index is 1.99. The molecule has 1 aromatic heterocycles. The van der Waals surface area contributed by atoms with Crippen LogP contribution in [0.15, 0.2) is 24.5 Å². The smallest absolute Gasteiger partial charge is 0.245 e. The van der Waals surface area contributed by atoms with Gasteiger partial charge in [0.1, 0.15) is 6.04 Å². The van der Waals surface area contributed by atoms with Crippen LogP contribution >= 0.6 is 0 Å². The SMILES string of the molecule is CC(C)CN1CCN(C(=O)Cc2cccnc2)[C@@H](C)C1=O. The van der Waals surface area contributed by atoms with E-state index in [0.717, 1.165) is 12.1 Å². The standard InChI is InChI=1S/C16H23N3O2/c1-12(2)11-18-7-8-19(13(3)16(18)21)15(20)9-14-5-4-6-17-10-14/h4-6,10,12-13H,7-9,11H2,1-3H3/t13-/m0/s1. The molecule has 21 heavy (non-hydrogen) atoms. The third kappa shape index (κ3) is 3.80. The normalized spacial score (nSPS) is 19.2. The van der Waals surface area contributed by atoms with Crippen molar-refractivity contribution in [2.45, 2.75) is 33.2 Å². The molecule has 2 amide bonds. The van der Waals surface area contributed by atoms with Crippen molar-refractivity contribution in [2.24, 2.45) is 5.92 Å². The van der Waals surface area contributed by atoms with Crippen molar-refractivity contribution >= 4 is 11.8 Å². The molecule has 0 spiro atoms. The van der Waals surface area contributed by atoms with Crippen molar-refractivity contribution in [3.8, 4) is 0 Å². The molecule has 5 heteroatoms. The number of carbonyl (C=O) groups excluding carboxylic acids is 2. The van der Waals surface area contributed by atoms with Crippen molar-refractivity contribution in [3.05, 3.63) is 30.1 Å². The second-order valence-corrected chi connectivity index (χ2v) is 5.98. The van der Waals surface area contributed by atoms with Crippen LogP contribution in [0.2, 0.25) is 0 Å². The number of hydrogen-bond donors (Lipinski definition) is 0. The van der Waals surface area contributed by atoms with Crippen LogP contribution in [0.4, 0.5) is 0 Å². The van der Waals surface area contributed by atoms with Crippen LogP contribution in [0.1, 0.15) is 26.3 Å². The Hall–Kier alpha value is -1.91. The van der Waals surface area contributed by atoms with Gasteiger partial charge >= 0.3 is 0 Å². The Kier molecular flexibility index (Phi) is 4.94. The lowest BCUT2D eigenvalue weighted by atomic mass is 10.1. The fourth-order valence-electron chi connectivity index (χ4n) is 2.67. The Morgan fingerprint density at radius 3 is 2.81 bits per heavy atom. The van der Waals surface area contributed by atoms with E-state index < -0.39 is 0 Å². The summed E-state index contributed by atoms with van der Waals surface area (Å²) in [6.07, 6.45) is 3.68. The van der Waals surface area contributed by atoms with Crippen LogP contribution in [0, 0.1) is 5.92 Å². The zero-order valence-corrected chi connectivity index (χ0v) is 13.0. The van der Waals surface area contributed by atoms with Crippen LogP contribution in [0.25, 0.3) is 0 Å². The van der Waals surface area contributed by atoms with E-state index in [2.05, 4.69) is 18.8 Å². The van der Waals surface area contributed by atoms with Gasteiger partial charge in [-0.05, 0) is 24.5 Å². The number of piperazine rings is 1. The van der Waals surface area contributed by atoms with E-state index in [-0.39, 0.29) is 17.9 Å². The van der Waals surface area contributed by atoms with Gasteiger partial charge in [-0.1, -0.05) is 19.9 Å². The molecular weight excluding hydrogens is 266 g/mol. The molecule has 1 aliphatic heterocycles. The molecule has 0 N–H and O–H groups in total. The maximum absolute atomic E-state index is 12.4. The number of pyridine rings is 1. The van der Waals surface area contributed by atoms with E-state index in [1.54, 1.807) is 17.3 Å². The van der Waals surface area contributed by atoms with Gasteiger partial charge in [0.05, 0.1) is 6.42 Å². The van der Waals surface area contributed by atoms with Crippen molar-refractivity contribution in [2.75, 3.05) is 19.6 Å². The number of rotatable bonds is 4. The summed E-state index contributed by atoms with van der Waals surface area (Å²) >= 11 is 0. The van der Waals surface area contributed by atoms with Gasteiger partial charge in [-0.3, -0.25) is 14.6 Å². The molecule has 1 atom stereocenters. The molecule has 0 aromatic carbocycles. The molecule has 0 saturated carbocycles. The predicted molar refractivity (Wildman–Crippen MR) is 80.5 cm³/mol. The zero-order valence-electron chi connectivity index (χ0n) is 13.0. The highest BCUT2D eigenvalue weighted by atomic mass is 16.2. The van der Waals surface area contributed by atoms with E-state index in [1.807, 2.05) is 24.0 Å². The summed E-state index contributed by atoms with van der Waals surface area (Å²) in [6, 6.07) is 3.33. The summed E-state index contributed by atoms with van der Waals surface area (Å²) < 4.78 is 0. The Morgan fingerprint density at radius 1 is 1.43 bits per heavy atom. The Bertz CT molecular complexity index is 502. The average Bonchev–Trinajstić information content (AvgIpc) is 2.44. The monoisotopic (exact) mass is 289 g/mol. The first-order valence-corrected chi connectivity index (χ1v) is 7.46. The highest BCUT2D eigenvalue weighted by Crippen LogP contribution is 2.14. The van der Waals surface area contributed by atoms with E-state index in [0.29, 0.717) is 25.4 Å². The molecular formula is C16H23N3O2. The second-order valence-electron chi connectivity index (χ2n) is 5.98. The van der Waals surface area contributed by atoms with Crippen molar-refractivity contribution in [1.82, 2.24) is 14.8 Å². The quantitative estimate of drug-likeness (QED) is 0.840. The topological polar surface area (TPSA) is 53.5 Å². The van der Waals surface area contributed by atoms with Crippen LogP contribution in [0.3, 0.4) is 0 Å². The van der Waals surface area contributed by atoms with Gasteiger partial charge < -0.3 is 9.80 Å². The van der Waals surface area contributed by atoms with Gasteiger partial charge in [0.15, 0.2) is 0 Å². The number of aromatic nitrogens is 1. The lowest BCUT2D eigenvalue weighted by Crippen LogP contribution is -2.58. The summed E-state index contributed by atoms with van der Waals surface area (Å²) in [5.41, 5.74) is 0.881. The molecule has 1 aromatic rings. The van der Waals surface area contributed by atoms with E-state index in [1.165, 1.54) is 0 Å². The van der Waals surface area contributed by atoms with Gasteiger partial charge in [0.25, 0.3) is 0 Å². The van der Waals surface area contributed by atoms with E-state index in [4.69, 9.17) is 0 Å². The molecule has 0 radical (unpaired) electrons. The van der Waals surface area contributed by atoms with Crippen LogP contribution in [0.5, 0.6) is 0 Å². The van der Waals surface area contributed by atoms with Gasteiger partial charge in [-0.25, -0.2) is 0 Å². The second kappa shape index (κ2) is 6.70. The first kappa shape index (κ1) is 15.5. The fourth-order valence-corrected chi connectivity index (χ4v) is 2.67. The van der Waals surface area contributed by atoms with Gasteiger partial charge in [0.2, 0.25) is 11.8 Å². The van der Waals surface area contributed by atoms with Crippen LogP contribution in [-0.2, 0) is 16.0 Å². The largest absolute Gasteiger partial charge is 0.339 e. The number of hydrogen-bond acceptors (Lipinski definition) is 3. The minimum atomic E-state index is -0.373. The maximum Gasteiger partial charge on any atom is 0.245 e. The van der Waals surface area contributed by atoms with E-state index in [9.17, 15) is 9.59 Å². The first-order chi connectivity index (χ1) is 9.99. The zero-order chi connectivity index (χ0) is 15.4. The van der Waals surface area contributed by atoms with Crippen LogP contribution in [-0.4, -0.2) is 52.3 Å². The lowest BCUT2D eigenvalue weighted by molar-refractivity contribution is -0.150. The Labute approximate surface area is 126 Å². The molecule has 5 nitrogen and oxygen atoms in total. The van der Waals surface area contributed by atoms with E-state index >= 15 is 0 Å². The highest BCUT2D eigenvalue weighted by molar-refractivity contribution is 5.89. The fraction of sp³-hybridized carbons (Fsp3) is 0.562. The molecule has 2 rings (SSSR count). The van der Waals surface area contributed by atoms with Crippen LogP contribution < -0.4 is 0 Å². The third-order valence-corrected chi connectivity index (χ3v) is 3.73. The number of carbonyl (C=O) groups is 2.